The fourth-order valence-corrected chi connectivity index (χ4v) is 12.0. The third kappa shape index (κ3) is 45.3. The molecule has 1 aliphatic rings. The van der Waals surface area contributed by atoms with Crippen molar-refractivity contribution in [3.05, 3.63) is 0 Å². The van der Waals surface area contributed by atoms with E-state index in [9.17, 15) is 58.1 Å². The van der Waals surface area contributed by atoms with Gasteiger partial charge in [-0.3, -0.25) is 33.3 Å². The van der Waals surface area contributed by atoms with Gasteiger partial charge in [0.25, 0.3) is 0 Å². The highest BCUT2D eigenvalue weighted by Gasteiger charge is 2.52. The number of phosphoric acid groups is 1. The van der Waals surface area contributed by atoms with Crippen LogP contribution >= 0.6 is 7.82 Å². The van der Waals surface area contributed by atoms with Crippen molar-refractivity contribution in [3.63, 3.8) is 0 Å². The van der Waals surface area contributed by atoms with Crippen molar-refractivity contribution in [2.45, 2.75) is 385 Å². The molecule has 0 saturated carbocycles. The van der Waals surface area contributed by atoms with E-state index in [1.807, 2.05) is 20.8 Å². The van der Waals surface area contributed by atoms with Crippen LogP contribution < -0.4 is 10.6 Å². The van der Waals surface area contributed by atoms with E-state index in [-0.39, 0.29) is 32.1 Å². The smallest absolute Gasteiger partial charge is 0.470 e. The van der Waals surface area contributed by atoms with Gasteiger partial charge in [-0.2, -0.15) is 0 Å². The van der Waals surface area contributed by atoms with Gasteiger partial charge in [-0.25, -0.2) is 9.36 Å². The highest BCUT2D eigenvalue weighted by Crippen LogP contribution is 2.42. The minimum atomic E-state index is -5.54. The van der Waals surface area contributed by atoms with Crippen LogP contribution in [0.15, 0.2) is 0 Å². The van der Waals surface area contributed by atoms with Crippen LogP contribution in [0.1, 0.15) is 330 Å². The van der Waals surface area contributed by atoms with E-state index in [0.717, 1.165) is 148 Å². The number of amides is 2. The van der Waals surface area contributed by atoms with Crippen LogP contribution in [0.4, 0.5) is 0 Å². The van der Waals surface area contributed by atoms with Gasteiger partial charge in [0.05, 0.1) is 32.5 Å². The van der Waals surface area contributed by atoms with Crippen molar-refractivity contribution in [3.8, 4) is 0 Å². The zero-order valence-corrected chi connectivity index (χ0v) is 58.2. The minimum Gasteiger partial charge on any atom is -0.480 e. The number of nitrogens with one attached hydrogen (secondary N) is 2. The number of ether oxygens (including phenoxy) is 6. The number of aliphatic hydroxyl groups excluding tert-OH is 1. The van der Waals surface area contributed by atoms with Gasteiger partial charge in [0.2, 0.25) is 11.8 Å². The van der Waals surface area contributed by atoms with Crippen molar-refractivity contribution >= 4 is 49.5 Å². The lowest BCUT2D eigenvalue weighted by atomic mass is 9.95. The Kier molecular flexibility index (Phi) is 52.1. The average Bonchev–Trinajstić information content (AvgIpc) is 1.06. The van der Waals surface area contributed by atoms with Crippen LogP contribution in [0.3, 0.4) is 0 Å². The number of carboxylic acid groups (broad SMARTS) is 1. The van der Waals surface area contributed by atoms with Crippen molar-refractivity contribution in [2.24, 2.45) is 0 Å². The molecule has 0 radical (unpaired) electrons. The fourth-order valence-electron chi connectivity index (χ4n) is 11.4. The average molecular weight is 1320 g/mol. The summed E-state index contributed by atoms with van der Waals surface area (Å²) in [5.41, 5.74) is 0. The predicted octanol–water partition coefficient (Wildman–Crippen LogP) is 14.6. The van der Waals surface area contributed by atoms with Crippen LogP contribution in [-0.2, 0) is 71.1 Å². The molecule has 5 unspecified atom stereocenters. The van der Waals surface area contributed by atoms with Gasteiger partial charge in [-0.15, -0.1) is 0 Å². The summed E-state index contributed by atoms with van der Waals surface area (Å²) in [7, 11) is -5.54. The summed E-state index contributed by atoms with van der Waals surface area (Å²) in [4.78, 5) is 116. The molecule has 9 atom stereocenters. The maximum atomic E-state index is 14.6. The van der Waals surface area contributed by atoms with E-state index in [4.69, 9.17) is 32.9 Å². The molecule has 0 bridgehead atoms. The van der Waals surface area contributed by atoms with Crippen LogP contribution in [-0.4, -0.2) is 130 Å². The maximum Gasteiger partial charge on any atom is 0.470 e. The van der Waals surface area contributed by atoms with Crippen molar-refractivity contribution in [1.29, 1.82) is 0 Å². The quantitative estimate of drug-likeness (QED) is 0.0143. The number of carboxylic acids is 1. The summed E-state index contributed by atoms with van der Waals surface area (Å²) in [6, 6.07) is -3.59. The number of hydrogen-bond donors (Lipinski definition) is 6. The topological polar surface area (TPSA) is 306 Å². The lowest BCUT2D eigenvalue weighted by Crippen LogP contribution is -2.66. The van der Waals surface area contributed by atoms with Gasteiger partial charge in [0, 0.05) is 19.3 Å². The van der Waals surface area contributed by atoms with E-state index in [1.165, 1.54) is 44.9 Å². The number of unbranched alkanes of at least 4 members (excludes halogenated alkanes) is 30. The second-order valence-electron chi connectivity index (χ2n) is 25.3. The molecule has 22 heteroatoms. The second-order valence-corrected chi connectivity index (χ2v) is 26.5. The molecule has 0 aromatic rings. The molecule has 2 amide bonds. The van der Waals surface area contributed by atoms with Crippen molar-refractivity contribution in [1.82, 2.24) is 10.6 Å². The number of aliphatic carboxylic acids is 1. The first-order valence-electron chi connectivity index (χ1n) is 36.1. The molecule has 91 heavy (non-hydrogen) atoms. The first kappa shape index (κ1) is 85.3. The molecule has 21 nitrogen and oxygen atoms in total. The lowest BCUT2D eigenvalue weighted by molar-refractivity contribution is -0.272. The Balaban J connectivity index is 3.78. The number of esters is 4. The Morgan fingerprint density at radius 2 is 0.791 bits per heavy atom. The number of carbonyl (C=O) groups is 7. The molecule has 0 aromatic heterocycles. The van der Waals surface area contributed by atoms with Crippen molar-refractivity contribution in [2.75, 3.05) is 13.2 Å². The SMILES string of the molecule is CCCCCCCCCCC[C@H](CC(=O)NC1C(OC[C@H](NC(=O)C[C@@H](CCCCCCCCCCC)OC(=O)CCCCC)C(=O)O)OC(CO)C(OP(=O)(O)O)C1OC(=O)C[C@@H](CCCCCCCCCCC)OC(=O)CCCCC)OC(=O)CCCCC. The third-order valence-electron chi connectivity index (χ3n) is 16.7. The molecule has 1 fully saturated rings. The molecule has 0 spiro atoms. The van der Waals surface area contributed by atoms with Crippen LogP contribution in [0.2, 0.25) is 0 Å². The zero-order valence-electron chi connectivity index (χ0n) is 57.3. The number of aliphatic hydroxyl groups is 1. The highest BCUT2D eigenvalue weighted by atomic mass is 31.2. The second kappa shape index (κ2) is 55.6. The Hall–Kier alpha value is -3.72. The van der Waals surface area contributed by atoms with Gasteiger partial charge in [0.1, 0.15) is 36.6 Å². The third-order valence-corrected chi connectivity index (χ3v) is 17.2. The molecular formula is C69H127N2O19P. The van der Waals surface area contributed by atoms with Crippen molar-refractivity contribution < 1.29 is 91.1 Å². The van der Waals surface area contributed by atoms with Gasteiger partial charge < -0.3 is 59.1 Å². The van der Waals surface area contributed by atoms with Gasteiger partial charge in [-0.1, -0.05) is 234 Å². The van der Waals surface area contributed by atoms with E-state index in [1.54, 1.807) is 0 Å². The Bertz CT molecular complexity index is 1960. The Morgan fingerprint density at radius 3 is 1.14 bits per heavy atom. The van der Waals surface area contributed by atoms with E-state index < -0.39 is 131 Å². The minimum absolute atomic E-state index is 0.110. The number of phosphoric ester groups is 1. The summed E-state index contributed by atoms with van der Waals surface area (Å²) in [6.07, 6.45) is 24.1. The highest BCUT2D eigenvalue weighted by molar-refractivity contribution is 7.46. The first-order chi connectivity index (χ1) is 43.8. The standard InChI is InChI=1S/C69H127N2O19P/c1-7-13-19-22-25-28-31-34-40-43-54(85-61(75)46-37-16-10-4)49-59(73)70-57(68(79)80)53-84-69-65(71-60(74)50-55(86-62(76)47-38-17-11-5)44-41-35-32-29-26-23-20-14-8-2)67(66(58(52-72)88-69)90-91(81,82)83)89-64(78)51-56(87-63(77)48-39-18-12-6)45-42-36-33-30-27-24-21-15-9-3/h54-58,65-67,69,72H,7-53H2,1-6H3,(H,70,73)(H,71,74)(H,79,80)(H2,81,82,83)/t54-,55-,56-,57+,58?,65?,66?,67?,69?/m1/s1. The summed E-state index contributed by atoms with van der Waals surface area (Å²) >= 11 is 0. The van der Waals surface area contributed by atoms with Crippen LogP contribution in [0, 0.1) is 0 Å². The number of carbonyl (C=O) groups excluding carboxylic acids is 6. The van der Waals surface area contributed by atoms with E-state index >= 15 is 0 Å². The van der Waals surface area contributed by atoms with Gasteiger partial charge in [0.15, 0.2) is 18.4 Å². The monoisotopic (exact) mass is 1320 g/mol. The molecule has 1 saturated heterocycles. The molecule has 0 aromatic carbocycles. The molecule has 1 rings (SSSR count). The first-order valence-corrected chi connectivity index (χ1v) is 37.6. The normalized spacial score (nSPS) is 18.0. The number of hydrogen-bond acceptors (Lipinski definition) is 16. The molecule has 1 heterocycles. The maximum absolute atomic E-state index is 14.6. The molecule has 532 valence electrons. The predicted molar refractivity (Wildman–Crippen MR) is 351 cm³/mol. The van der Waals surface area contributed by atoms with E-state index in [0.29, 0.717) is 51.4 Å². The molecular weight excluding hydrogens is 1190 g/mol. The molecule has 6 N–H and O–H groups in total. The number of rotatable bonds is 61. The Morgan fingerprint density at radius 1 is 0.451 bits per heavy atom. The summed E-state index contributed by atoms with van der Waals surface area (Å²) in [5.74, 6) is -5.65. The van der Waals surface area contributed by atoms with E-state index in [2.05, 4.69) is 31.4 Å². The Labute approximate surface area is 547 Å². The van der Waals surface area contributed by atoms with Crippen LogP contribution in [0.25, 0.3) is 0 Å². The summed E-state index contributed by atoms with van der Waals surface area (Å²) in [5, 5.41) is 26.5. The van der Waals surface area contributed by atoms with Gasteiger partial charge >= 0.3 is 37.7 Å². The van der Waals surface area contributed by atoms with Crippen LogP contribution in [0.5, 0.6) is 0 Å². The molecule has 0 aliphatic carbocycles. The zero-order chi connectivity index (χ0) is 67.3. The van der Waals surface area contributed by atoms with Gasteiger partial charge in [-0.05, 0) is 57.8 Å². The fraction of sp³-hybridized carbons (Fsp3) is 0.899. The summed E-state index contributed by atoms with van der Waals surface area (Å²) in [6.45, 7) is 10.6. The molecule has 1 aliphatic heterocycles. The largest absolute Gasteiger partial charge is 0.480 e. The lowest BCUT2D eigenvalue weighted by Gasteiger charge is -2.45. The summed E-state index contributed by atoms with van der Waals surface area (Å²) < 4.78 is 54.0.